The Kier molecular flexibility index (Phi) is 8.12. The summed E-state index contributed by atoms with van der Waals surface area (Å²) < 4.78 is 0. The summed E-state index contributed by atoms with van der Waals surface area (Å²) in [5, 5.41) is 8.76. The monoisotopic (exact) mass is 825 g/mol. The summed E-state index contributed by atoms with van der Waals surface area (Å²) in [6.45, 7) is 9.76. The van der Waals surface area contributed by atoms with Gasteiger partial charge >= 0.3 is 0 Å². The number of hydrogen-bond acceptors (Lipinski definition) is 1. The quantitative estimate of drug-likeness (QED) is 0.151. The largest absolute Gasteiger partial charge is 0.311 e. The highest BCUT2D eigenvalue weighted by Crippen LogP contribution is 2.49. The average molecular weight is 826 g/mol. The molecule has 0 radical (unpaired) electrons. The van der Waals surface area contributed by atoms with Crippen molar-refractivity contribution in [2.45, 2.75) is 32.4 Å². The van der Waals surface area contributed by atoms with Crippen LogP contribution in [0.4, 0.5) is 17.1 Å². The lowest BCUT2D eigenvalue weighted by molar-refractivity contribution is 0.660. The van der Waals surface area contributed by atoms with Gasteiger partial charge in [0, 0.05) is 22.5 Å². The lowest BCUT2D eigenvalue weighted by Gasteiger charge is -2.33. The van der Waals surface area contributed by atoms with Crippen molar-refractivity contribution in [3.05, 3.63) is 223 Å². The molecule has 0 fully saturated rings. The van der Waals surface area contributed by atoms with Crippen LogP contribution in [0.1, 0.15) is 25.0 Å². The van der Waals surface area contributed by atoms with Crippen LogP contribution in [0.3, 0.4) is 0 Å². The third kappa shape index (κ3) is 5.19. The van der Waals surface area contributed by atoms with Crippen molar-refractivity contribution >= 4 is 64.3 Å². The number of fused-ring (bicyclic) bond motifs is 9. The Labute approximate surface area is 367 Å². The first-order chi connectivity index (χ1) is 30.3. The summed E-state index contributed by atoms with van der Waals surface area (Å²) in [5.41, 5.74) is 17.0. The van der Waals surface area contributed by atoms with E-state index >= 15 is 0 Å². The zero-order valence-corrected chi connectivity index (χ0v) is 37.7. The molecule has 1 aliphatic carbocycles. The Balaban J connectivity index is 1.03. The molecule has 0 N–H and O–H groups in total. The average Bonchev–Trinajstić information content (AvgIpc) is 3.84. The van der Waals surface area contributed by atoms with E-state index in [1.165, 1.54) is 98.1 Å². The molecule has 0 unspecified atom stereocenters. The van der Waals surface area contributed by atoms with Crippen molar-refractivity contribution in [1.82, 2.24) is 0 Å². The molecule has 12 rings (SSSR count). The highest BCUT2D eigenvalue weighted by atomic mass is 28.3. The van der Waals surface area contributed by atoms with Crippen LogP contribution in [0.15, 0.2) is 212 Å². The van der Waals surface area contributed by atoms with E-state index < -0.39 is 16.1 Å². The summed E-state index contributed by atoms with van der Waals surface area (Å²) >= 11 is 0. The molecule has 3 aliphatic rings. The molecule has 0 aromatic heterocycles. The highest BCUT2D eigenvalue weighted by Gasteiger charge is 2.48. The van der Waals surface area contributed by atoms with Gasteiger partial charge in [-0.1, -0.05) is 197 Å². The van der Waals surface area contributed by atoms with Crippen LogP contribution in [-0.4, -0.2) is 16.1 Å². The summed E-state index contributed by atoms with van der Waals surface area (Å²) in [5.74, 6) is 0. The van der Waals surface area contributed by atoms with Crippen LogP contribution in [0.2, 0.25) is 13.1 Å². The van der Waals surface area contributed by atoms with Crippen LogP contribution in [0.25, 0.3) is 44.5 Å². The van der Waals surface area contributed by atoms with Gasteiger partial charge in [0.15, 0.2) is 8.07 Å². The van der Waals surface area contributed by atoms with Gasteiger partial charge in [0.05, 0.1) is 0 Å². The molecule has 0 bridgehead atoms. The minimum Gasteiger partial charge on any atom is -0.311 e. The summed E-state index contributed by atoms with van der Waals surface area (Å²) in [6.07, 6.45) is 0. The smallest absolute Gasteiger partial charge is 0.180 e. The molecule has 296 valence electrons. The molecular weight excluding hydrogens is 779 g/mol. The molecule has 0 spiro atoms. The van der Waals surface area contributed by atoms with Gasteiger partial charge in [-0.25, -0.2) is 0 Å². The van der Waals surface area contributed by atoms with E-state index in [1.807, 2.05) is 0 Å². The van der Waals surface area contributed by atoms with Crippen molar-refractivity contribution in [2.75, 3.05) is 4.90 Å². The molecule has 62 heavy (non-hydrogen) atoms. The van der Waals surface area contributed by atoms with Crippen LogP contribution in [0.5, 0.6) is 0 Å². The van der Waals surface area contributed by atoms with Crippen molar-refractivity contribution in [3.63, 3.8) is 0 Å². The van der Waals surface area contributed by atoms with E-state index in [2.05, 4.69) is 244 Å². The van der Waals surface area contributed by atoms with Gasteiger partial charge in [-0.15, -0.1) is 0 Å². The SMILES string of the molecule is CC1(C)c2ccccc2-c2ccc(-c3ccc(N(c4cccc([Si]5(c6ccccc6)c6ccccc6-c6ccccc65)c4)c4ccc5c(c4)[Si](C)(C)c4ccccc4-5)cc3)cc21. The molecule has 1 nitrogen and oxygen atoms in total. The number of rotatable bonds is 6. The Morgan fingerprint density at radius 1 is 0.339 bits per heavy atom. The molecule has 9 aromatic carbocycles. The maximum absolute atomic E-state index is 2.70. The van der Waals surface area contributed by atoms with Gasteiger partial charge in [-0.2, -0.15) is 0 Å². The van der Waals surface area contributed by atoms with Crippen LogP contribution in [0, 0.1) is 0 Å². The standard InChI is InChI=1S/C59H47NSi2/c1-59(2)53-25-12-8-21-47(53)48-35-31-41(37-54(48)59)40-29-32-42(33-30-40)60(44-34-36-52-49-22-9-13-26-55(49)61(3,4)58(52)39-44)43-17-16-20-46(38-43)62(45-18-6-5-7-19-45)56-27-14-10-23-50(56)51-24-11-15-28-57(51)62/h5-39H,1-4H3. The minimum atomic E-state index is -2.70. The number of benzene rings is 9. The van der Waals surface area contributed by atoms with Crippen LogP contribution in [-0.2, 0) is 5.41 Å². The minimum absolute atomic E-state index is 0.0468. The van der Waals surface area contributed by atoms with Gasteiger partial charge in [0.2, 0.25) is 0 Å². The number of anilines is 3. The third-order valence-corrected chi connectivity index (χ3v) is 23.0. The van der Waals surface area contributed by atoms with Gasteiger partial charge in [0.25, 0.3) is 0 Å². The summed E-state index contributed by atoms with van der Waals surface area (Å²) in [4.78, 5) is 2.52. The Bertz CT molecular complexity index is 3210. The fourth-order valence-electron chi connectivity index (χ4n) is 11.6. The Hall–Kier alpha value is -6.79. The van der Waals surface area contributed by atoms with Crippen LogP contribution < -0.4 is 36.0 Å². The fraction of sp³-hybridized carbons (Fsp3) is 0.0847. The predicted molar refractivity (Wildman–Crippen MR) is 269 cm³/mol. The maximum Gasteiger partial charge on any atom is 0.180 e. The molecular formula is C59H47NSi2. The second-order valence-corrected chi connectivity index (χ2v) is 26.5. The molecule has 9 aromatic rings. The highest BCUT2D eigenvalue weighted by molar-refractivity contribution is 7.22. The van der Waals surface area contributed by atoms with E-state index in [1.54, 1.807) is 0 Å². The molecule has 0 atom stereocenters. The summed E-state index contributed by atoms with van der Waals surface area (Å²) in [6, 6.07) is 80.9. The van der Waals surface area contributed by atoms with E-state index in [0.717, 1.165) is 5.69 Å². The van der Waals surface area contributed by atoms with Crippen molar-refractivity contribution < 1.29 is 0 Å². The zero-order chi connectivity index (χ0) is 41.8. The van der Waals surface area contributed by atoms with E-state index in [0.29, 0.717) is 0 Å². The second-order valence-electron chi connectivity index (χ2n) is 18.5. The number of hydrogen-bond donors (Lipinski definition) is 0. The van der Waals surface area contributed by atoms with Gasteiger partial charge < -0.3 is 4.90 Å². The lowest BCUT2D eigenvalue weighted by atomic mass is 9.81. The first-order valence-corrected chi connectivity index (χ1v) is 27.0. The first-order valence-electron chi connectivity index (χ1n) is 22.0. The second kappa shape index (κ2) is 13.6. The van der Waals surface area contributed by atoms with E-state index in [9.17, 15) is 0 Å². The van der Waals surface area contributed by atoms with E-state index in [-0.39, 0.29) is 5.41 Å². The molecule has 3 heteroatoms. The molecule has 0 saturated heterocycles. The zero-order valence-electron chi connectivity index (χ0n) is 35.7. The summed E-state index contributed by atoms with van der Waals surface area (Å²) in [7, 11) is -4.65. The molecule has 0 saturated carbocycles. The third-order valence-electron chi connectivity index (χ3n) is 14.6. The van der Waals surface area contributed by atoms with Gasteiger partial charge in [-0.3, -0.25) is 0 Å². The van der Waals surface area contributed by atoms with E-state index in [4.69, 9.17) is 0 Å². The molecule has 0 amide bonds. The van der Waals surface area contributed by atoms with Crippen LogP contribution >= 0.6 is 0 Å². The fourth-order valence-corrected chi connectivity index (χ4v) is 19.9. The Morgan fingerprint density at radius 3 is 1.55 bits per heavy atom. The maximum atomic E-state index is 2.52. The van der Waals surface area contributed by atoms with Crippen molar-refractivity contribution in [2.24, 2.45) is 0 Å². The Morgan fingerprint density at radius 2 is 0.839 bits per heavy atom. The van der Waals surface area contributed by atoms with Gasteiger partial charge in [0.1, 0.15) is 8.07 Å². The predicted octanol–water partition coefficient (Wildman–Crippen LogP) is 11.3. The number of nitrogens with zero attached hydrogens (tertiary/aromatic N) is 1. The molecule has 2 heterocycles. The van der Waals surface area contributed by atoms with Gasteiger partial charge in [-0.05, 0) is 129 Å². The van der Waals surface area contributed by atoms with Crippen molar-refractivity contribution in [3.8, 4) is 44.5 Å². The topological polar surface area (TPSA) is 3.24 Å². The molecule has 2 aliphatic heterocycles. The lowest BCUT2D eigenvalue weighted by Crippen LogP contribution is -2.72. The normalized spacial score (nSPS) is 15.2. The first kappa shape index (κ1) is 37.0. The van der Waals surface area contributed by atoms with Crippen molar-refractivity contribution in [1.29, 1.82) is 0 Å².